The summed E-state index contributed by atoms with van der Waals surface area (Å²) in [6.07, 6.45) is 2.31. The zero-order chi connectivity index (χ0) is 15.6. The lowest BCUT2D eigenvalue weighted by Crippen LogP contribution is -2.43. The maximum Gasteiger partial charge on any atom is 0.273 e. The van der Waals surface area contributed by atoms with Crippen molar-refractivity contribution in [3.05, 3.63) is 28.3 Å². The normalized spacial score (nSPS) is 22.2. The molecule has 0 amide bonds. The fourth-order valence-corrected chi connectivity index (χ4v) is 3.86. The van der Waals surface area contributed by atoms with Gasteiger partial charge in [0.2, 0.25) is 10.0 Å². The van der Waals surface area contributed by atoms with Crippen LogP contribution < -0.4 is 15.2 Å². The van der Waals surface area contributed by atoms with Gasteiger partial charge >= 0.3 is 0 Å². The number of nitro groups is 1. The first kappa shape index (κ1) is 15.7. The van der Waals surface area contributed by atoms with Crippen molar-refractivity contribution in [3.8, 4) is 5.75 Å². The summed E-state index contributed by atoms with van der Waals surface area (Å²) >= 11 is 0. The molecule has 1 saturated carbocycles. The van der Waals surface area contributed by atoms with Crippen molar-refractivity contribution in [2.75, 3.05) is 7.11 Å². The summed E-state index contributed by atoms with van der Waals surface area (Å²) in [6, 6.07) is 2.84. The van der Waals surface area contributed by atoms with E-state index < -0.39 is 14.9 Å². The van der Waals surface area contributed by atoms with Gasteiger partial charge in [-0.15, -0.1) is 0 Å². The summed E-state index contributed by atoms with van der Waals surface area (Å²) in [7, 11) is -2.58. The van der Waals surface area contributed by atoms with Gasteiger partial charge in [0.15, 0.2) is 0 Å². The number of ether oxygens (including phenoxy) is 1. The van der Waals surface area contributed by atoms with Crippen molar-refractivity contribution in [2.24, 2.45) is 5.73 Å². The van der Waals surface area contributed by atoms with E-state index in [1.165, 1.54) is 13.2 Å². The second kappa shape index (κ2) is 5.96. The van der Waals surface area contributed by atoms with Crippen LogP contribution in [0.3, 0.4) is 0 Å². The molecule has 116 valence electrons. The molecule has 1 aromatic rings. The maximum atomic E-state index is 12.4. The molecule has 8 nitrogen and oxygen atoms in total. The smallest absolute Gasteiger partial charge is 0.273 e. The van der Waals surface area contributed by atoms with E-state index in [0.717, 1.165) is 25.0 Å². The Labute approximate surface area is 122 Å². The lowest BCUT2D eigenvalue weighted by molar-refractivity contribution is -0.385. The predicted octanol–water partition coefficient (Wildman–Crippen LogP) is 0.762. The average Bonchev–Trinajstić information content (AvgIpc) is 2.82. The fraction of sp³-hybridized carbons (Fsp3) is 0.500. The molecule has 0 bridgehead atoms. The summed E-state index contributed by atoms with van der Waals surface area (Å²) in [5.74, 6) is -0.0664. The Bertz CT molecular complexity index is 646. The van der Waals surface area contributed by atoms with Gasteiger partial charge < -0.3 is 10.5 Å². The first-order valence-electron chi connectivity index (χ1n) is 6.45. The van der Waals surface area contributed by atoms with Gasteiger partial charge in [-0.05, 0) is 18.9 Å². The standard InChI is InChI=1S/C12H17N3O5S/c1-20-11-7-8(15(16)17)5-6-12(11)21(18,19)14-10-4-2-3-9(10)13/h5-7,9-10,14H,2-4,13H2,1H3. The van der Waals surface area contributed by atoms with Crippen LogP contribution >= 0.6 is 0 Å². The minimum atomic E-state index is -3.84. The molecular formula is C12H17N3O5S. The number of rotatable bonds is 5. The molecule has 1 fully saturated rings. The molecule has 0 aliphatic heterocycles. The molecule has 0 radical (unpaired) electrons. The number of nitro benzene ring substituents is 1. The second-order valence-electron chi connectivity index (χ2n) is 4.91. The van der Waals surface area contributed by atoms with E-state index in [0.29, 0.717) is 6.42 Å². The molecule has 3 N–H and O–H groups in total. The van der Waals surface area contributed by atoms with Gasteiger partial charge in [-0.25, -0.2) is 13.1 Å². The minimum absolute atomic E-state index is 0.0664. The van der Waals surface area contributed by atoms with Crippen LogP contribution in [-0.4, -0.2) is 32.5 Å². The van der Waals surface area contributed by atoms with Gasteiger partial charge in [0.1, 0.15) is 10.6 Å². The number of benzene rings is 1. The van der Waals surface area contributed by atoms with Gasteiger partial charge in [-0.2, -0.15) is 0 Å². The fourth-order valence-electron chi connectivity index (χ4n) is 2.39. The highest BCUT2D eigenvalue weighted by atomic mass is 32.2. The number of non-ortho nitro benzene ring substituents is 1. The number of hydrogen-bond acceptors (Lipinski definition) is 6. The van der Waals surface area contributed by atoms with E-state index >= 15 is 0 Å². The molecule has 1 aliphatic carbocycles. The van der Waals surface area contributed by atoms with Crippen molar-refractivity contribution < 1.29 is 18.1 Å². The first-order chi connectivity index (χ1) is 9.85. The number of methoxy groups -OCH3 is 1. The van der Waals surface area contributed by atoms with Crippen molar-refractivity contribution in [1.82, 2.24) is 4.72 Å². The summed E-state index contributed by atoms with van der Waals surface area (Å²) < 4.78 is 32.3. The van der Waals surface area contributed by atoms with Crippen LogP contribution in [0, 0.1) is 10.1 Å². The van der Waals surface area contributed by atoms with Crippen LogP contribution in [0.1, 0.15) is 19.3 Å². The molecular weight excluding hydrogens is 298 g/mol. The number of nitrogens with two attached hydrogens (primary N) is 1. The maximum absolute atomic E-state index is 12.4. The summed E-state index contributed by atoms with van der Waals surface area (Å²) in [6.45, 7) is 0. The van der Waals surface area contributed by atoms with Gasteiger partial charge in [0.25, 0.3) is 5.69 Å². The minimum Gasteiger partial charge on any atom is -0.495 e. The largest absolute Gasteiger partial charge is 0.495 e. The monoisotopic (exact) mass is 315 g/mol. The van der Waals surface area contributed by atoms with E-state index in [2.05, 4.69) is 4.72 Å². The topological polar surface area (TPSA) is 125 Å². The number of sulfonamides is 1. The molecule has 0 spiro atoms. The molecule has 9 heteroatoms. The highest BCUT2D eigenvalue weighted by molar-refractivity contribution is 7.89. The van der Waals surface area contributed by atoms with E-state index in [1.54, 1.807) is 0 Å². The number of nitrogens with one attached hydrogen (secondary N) is 1. The Morgan fingerprint density at radius 3 is 2.67 bits per heavy atom. The molecule has 2 atom stereocenters. The van der Waals surface area contributed by atoms with Gasteiger partial charge in [-0.3, -0.25) is 10.1 Å². The first-order valence-corrected chi connectivity index (χ1v) is 7.94. The van der Waals surface area contributed by atoms with Crippen molar-refractivity contribution in [2.45, 2.75) is 36.2 Å². The Morgan fingerprint density at radius 1 is 1.43 bits per heavy atom. The average molecular weight is 315 g/mol. The van der Waals surface area contributed by atoms with Crippen molar-refractivity contribution >= 4 is 15.7 Å². The molecule has 2 rings (SSSR count). The van der Waals surface area contributed by atoms with Gasteiger partial charge in [-0.1, -0.05) is 6.42 Å². The number of nitrogens with zero attached hydrogens (tertiary/aromatic N) is 1. The van der Waals surface area contributed by atoms with Gasteiger partial charge in [0, 0.05) is 18.2 Å². The lowest BCUT2D eigenvalue weighted by atomic mass is 10.2. The Hall–Kier alpha value is -1.71. The van der Waals surface area contributed by atoms with Crippen LogP contribution in [0.25, 0.3) is 0 Å². The predicted molar refractivity (Wildman–Crippen MR) is 75.6 cm³/mol. The summed E-state index contributed by atoms with van der Waals surface area (Å²) in [4.78, 5) is 9.98. The van der Waals surface area contributed by atoms with E-state index in [1.807, 2.05) is 0 Å². The molecule has 2 unspecified atom stereocenters. The second-order valence-corrected chi connectivity index (χ2v) is 6.60. The van der Waals surface area contributed by atoms with E-state index in [9.17, 15) is 18.5 Å². The van der Waals surface area contributed by atoms with E-state index in [-0.39, 0.29) is 28.4 Å². The van der Waals surface area contributed by atoms with Crippen LogP contribution in [0.15, 0.2) is 23.1 Å². The Balaban J connectivity index is 2.33. The Morgan fingerprint density at radius 2 is 2.14 bits per heavy atom. The van der Waals surface area contributed by atoms with E-state index in [4.69, 9.17) is 10.5 Å². The SMILES string of the molecule is COc1cc([N+](=O)[O-])ccc1S(=O)(=O)NC1CCCC1N. The summed E-state index contributed by atoms with van der Waals surface area (Å²) in [5.41, 5.74) is 5.62. The third-order valence-electron chi connectivity index (χ3n) is 3.52. The zero-order valence-electron chi connectivity index (χ0n) is 11.5. The molecule has 0 aromatic heterocycles. The van der Waals surface area contributed by atoms with Crippen LogP contribution in [0.4, 0.5) is 5.69 Å². The molecule has 1 aliphatic rings. The summed E-state index contributed by atoms with van der Waals surface area (Å²) in [5, 5.41) is 10.7. The Kier molecular flexibility index (Phi) is 4.45. The van der Waals surface area contributed by atoms with Crippen LogP contribution in [0.2, 0.25) is 0 Å². The third-order valence-corrected chi connectivity index (χ3v) is 5.05. The molecule has 0 saturated heterocycles. The molecule has 0 heterocycles. The molecule has 1 aromatic carbocycles. The number of hydrogen-bond donors (Lipinski definition) is 2. The third kappa shape index (κ3) is 3.31. The zero-order valence-corrected chi connectivity index (χ0v) is 12.3. The van der Waals surface area contributed by atoms with Crippen molar-refractivity contribution in [1.29, 1.82) is 0 Å². The van der Waals surface area contributed by atoms with Crippen molar-refractivity contribution in [3.63, 3.8) is 0 Å². The quantitative estimate of drug-likeness (QED) is 0.610. The lowest BCUT2D eigenvalue weighted by Gasteiger charge is -2.18. The highest BCUT2D eigenvalue weighted by Crippen LogP contribution is 2.29. The van der Waals surface area contributed by atoms with Crippen LogP contribution in [0.5, 0.6) is 5.75 Å². The van der Waals surface area contributed by atoms with Crippen LogP contribution in [-0.2, 0) is 10.0 Å². The molecule has 21 heavy (non-hydrogen) atoms. The van der Waals surface area contributed by atoms with Gasteiger partial charge in [0.05, 0.1) is 18.1 Å². The highest BCUT2D eigenvalue weighted by Gasteiger charge is 2.30.